The number of carbonyl (C=O) groups is 3. The molecule has 0 heterocycles. The van der Waals surface area contributed by atoms with Gasteiger partial charge >= 0.3 is 0 Å². The smallest absolute Gasteiger partial charge is 0.231 e. The molecule has 1 fully saturated rings. The fourth-order valence-corrected chi connectivity index (χ4v) is 3.46. The highest BCUT2D eigenvalue weighted by molar-refractivity contribution is 5.99. The van der Waals surface area contributed by atoms with Gasteiger partial charge in [-0.3, -0.25) is 14.4 Å². The van der Waals surface area contributed by atoms with Gasteiger partial charge in [0.1, 0.15) is 5.82 Å². The molecule has 1 aromatic rings. The average molecular weight is 377 g/mol. The predicted molar refractivity (Wildman–Crippen MR) is 103 cm³/mol. The molecule has 27 heavy (non-hydrogen) atoms. The summed E-state index contributed by atoms with van der Waals surface area (Å²) in [5, 5.41) is 8.10. The van der Waals surface area contributed by atoms with Gasteiger partial charge in [0, 0.05) is 24.6 Å². The summed E-state index contributed by atoms with van der Waals surface area (Å²) in [5.41, 5.74) is -0.742. The minimum absolute atomic E-state index is 0.00578. The summed E-state index contributed by atoms with van der Waals surface area (Å²) in [5.74, 6) is -1.38. The highest BCUT2D eigenvalue weighted by atomic mass is 19.1. The number of anilines is 2. The molecule has 0 aliphatic heterocycles. The SMILES string of the molecule is CC(=O)Nc1cc(NC(=O)C2(CC(=O)NC(C)(C)C)CCCC2)ccc1F. The predicted octanol–water partition coefficient (Wildman–Crippen LogP) is 3.59. The summed E-state index contributed by atoms with van der Waals surface area (Å²) in [4.78, 5) is 36.6. The first-order valence-corrected chi connectivity index (χ1v) is 9.20. The van der Waals surface area contributed by atoms with Crippen molar-refractivity contribution in [2.75, 3.05) is 10.6 Å². The lowest BCUT2D eigenvalue weighted by Crippen LogP contribution is -2.45. The molecule has 1 aliphatic carbocycles. The second kappa shape index (κ2) is 8.06. The Hall–Kier alpha value is -2.44. The Labute approximate surface area is 159 Å². The number of carbonyl (C=O) groups excluding carboxylic acids is 3. The molecule has 2 rings (SSSR count). The van der Waals surface area contributed by atoms with Crippen molar-refractivity contribution in [3.05, 3.63) is 24.0 Å². The second-order valence-corrected chi connectivity index (χ2v) is 8.29. The van der Waals surface area contributed by atoms with E-state index in [1.165, 1.54) is 25.1 Å². The fraction of sp³-hybridized carbons (Fsp3) is 0.550. The number of hydrogen-bond donors (Lipinski definition) is 3. The summed E-state index contributed by atoms with van der Waals surface area (Å²) in [6.07, 6.45) is 3.16. The summed E-state index contributed by atoms with van der Waals surface area (Å²) in [6, 6.07) is 4.01. The highest BCUT2D eigenvalue weighted by Crippen LogP contribution is 2.42. The minimum atomic E-state index is -0.766. The minimum Gasteiger partial charge on any atom is -0.351 e. The first kappa shape index (κ1) is 20.9. The van der Waals surface area contributed by atoms with Crippen LogP contribution in [-0.2, 0) is 14.4 Å². The van der Waals surface area contributed by atoms with E-state index in [1.54, 1.807) is 0 Å². The van der Waals surface area contributed by atoms with E-state index in [0.29, 0.717) is 18.5 Å². The number of hydrogen-bond acceptors (Lipinski definition) is 3. The number of halogens is 1. The third-order valence-corrected chi connectivity index (χ3v) is 4.59. The van der Waals surface area contributed by atoms with Crippen LogP contribution in [0.4, 0.5) is 15.8 Å². The van der Waals surface area contributed by atoms with Crippen LogP contribution < -0.4 is 16.0 Å². The molecule has 0 bridgehead atoms. The maximum atomic E-state index is 13.8. The molecule has 148 valence electrons. The van der Waals surface area contributed by atoms with Crippen LogP contribution >= 0.6 is 0 Å². The number of benzene rings is 1. The van der Waals surface area contributed by atoms with Gasteiger partial charge in [-0.2, -0.15) is 0 Å². The van der Waals surface area contributed by atoms with Crippen LogP contribution in [0.15, 0.2) is 18.2 Å². The normalized spacial score (nSPS) is 15.9. The van der Waals surface area contributed by atoms with Crippen molar-refractivity contribution >= 4 is 29.1 Å². The lowest BCUT2D eigenvalue weighted by Gasteiger charge is -2.29. The number of nitrogens with one attached hydrogen (secondary N) is 3. The molecule has 3 amide bonds. The number of rotatable bonds is 5. The molecule has 1 aromatic carbocycles. The van der Waals surface area contributed by atoms with Gasteiger partial charge in [-0.05, 0) is 51.8 Å². The van der Waals surface area contributed by atoms with Gasteiger partial charge in [0.15, 0.2) is 0 Å². The third-order valence-electron chi connectivity index (χ3n) is 4.59. The average Bonchev–Trinajstić information content (AvgIpc) is 2.97. The van der Waals surface area contributed by atoms with Crippen molar-refractivity contribution in [3.63, 3.8) is 0 Å². The Balaban J connectivity index is 2.15. The van der Waals surface area contributed by atoms with Gasteiger partial charge in [-0.1, -0.05) is 12.8 Å². The maximum Gasteiger partial charge on any atom is 0.231 e. The lowest BCUT2D eigenvalue weighted by atomic mass is 9.81. The maximum absolute atomic E-state index is 13.8. The molecule has 1 aliphatic rings. The molecule has 6 nitrogen and oxygen atoms in total. The quantitative estimate of drug-likeness (QED) is 0.733. The Bertz CT molecular complexity index is 734. The fourth-order valence-electron chi connectivity index (χ4n) is 3.46. The molecule has 0 spiro atoms. The van der Waals surface area contributed by atoms with E-state index in [0.717, 1.165) is 12.8 Å². The van der Waals surface area contributed by atoms with Crippen molar-refractivity contribution in [3.8, 4) is 0 Å². The lowest BCUT2D eigenvalue weighted by molar-refractivity contribution is -0.133. The summed E-state index contributed by atoms with van der Waals surface area (Å²) >= 11 is 0. The monoisotopic (exact) mass is 377 g/mol. The van der Waals surface area contributed by atoms with Crippen LogP contribution in [0.1, 0.15) is 59.8 Å². The molecule has 0 atom stereocenters. The van der Waals surface area contributed by atoms with Crippen molar-refractivity contribution in [1.29, 1.82) is 0 Å². The van der Waals surface area contributed by atoms with Crippen LogP contribution in [0.3, 0.4) is 0 Å². The Morgan fingerprint density at radius 2 is 1.74 bits per heavy atom. The van der Waals surface area contributed by atoms with Crippen LogP contribution in [0.2, 0.25) is 0 Å². The Kier molecular flexibility index (Phi) is 6.23. The molecule has 0 aromatic heterocycles. The van der Waals surface area contributed by atoms with Crippen molar-refractivity contribution in [2.24, 2.45) is 5.41 Å². The zero-order chi connectivity index (χ0) is 20.2. The molecular weight excluding hydrogens is 349 g/mol. The van der Waals surface area contributed by atoms with Crippen molar-refractivity contribution < 1.29 is 18.8 Å². The molecular formula is C20H28FN3O3. The van der Waals surface area contributed by atoms with Crippen LogP contribution in [0.5, 0.6) is 0 Å². The standard InChI is InChI=1S/C20H28FN3O3/c1-13(25)22-16-11-14(7-8-15(16)21)23-18(27)20(9-5-6-10-20)12-17(26)24-19(2,3)4/h7-8,11H,5-6,9-10,12H2,1-4H3,(H,22,25)(H,23,27)(H,24,26). The van der Waals surface area contributed by atoms with E-state index in [9.17, 15) is 18.8 Å². The van der Waals surface area contributed by atoms with Gasteiger partial charge in [0.25, 0.3) is 0 Å². The molecule has 0 saturated heterocycles. The molecule has 0 radical (unpaired) electrons. The second-order valence-electron chi connectivity index (χ2n) is 8.29. The van der Waals surface area contributed by atoms with Gasteiger partial charge in [0.2, 0.25) is 17.7 Å². The van der Waals surface area contributed by atoms with Gasteiger partial charge < -0.3 is 16.0 Å². The molecule has 3 N–H and O–H groups in total. The summed E-state index contributed by atoms with van der Waals surface area (Å²) in [7, 11) is 0. The molecule has 7 heteroatoms. The zero-order valence-electron chi connectivity index (χ0n) is 16.4. The first-order chi connectivity index (χ1) is 12.5. The first-order valence-electron chi connectivity index (χ1n) is 9.20. The van der Waals surface area contributed by atoms with E-state index in [4.69, 9.17) is 0 Å². The van der Waals surface area contributed by atoms with Crippen LogP contribution in [0.25, 0.3) is 0 Å². The van der Waals surface area contributed by atoms with Gasteiger partial charge in [-0.25, -0.2) is 4.39 Å². The number of amides is 3. The van der Waals surface area contributed by atoms with Crippen molar-refractivity contribution in [1.82, 2.24) is 5.32 Å². The Morgan fingerprint density at radius 1 is 1.11 bits per heavy atom. The van der Waals surface area contributed by atoms with Gasteiger partial charge in [0.05, 0.1) is 11.1 Å². The summed E-state index contributed by atoms with van der Waals surface area (Å²) < 4.78 is 13.8. The van der Waals surface area contributed by atoms with E-state index >= 15 is 0 Å². The van der Waals surface area contributed by atoms with E-state index in [1.807, 2.05) is 20.8 Å². The van der Waals surface area contributed by atoms with Crippen LogP contribution in [-0.4, -0.2) is 23.3 Å². The van der Waals surface area contributed by atoms with Gasteiger partial charge in [-0.15, -0.1) is 0 Å². The Morgan fingerprint density at radius 3 is 2.30 bits per heavy atom. The van der Waals surface area contributed by atoms with Crippen LogP contribution in [0, 0.1) is 11.2 Å². The van der Waals surface area contributed by atoms with Crippen molar-refractivity contribution in [2.45, 2.75) is 65.3 Å². The van der Waals surface area contributed by atoms with E-state index in [2.05, 4.69) is 16.0 Å². The summed E-state index contributed by atoms with van der Waals surface area (Å²) in [6.45, 7) is 6.98. The molecule has 1 saturated carbocycles. The highest BCUT2D eigenvalue weighted by Gasteiger charge is 2.43. The third kappa shape index (κ3) is 5.77. The van der Waals surface area contributed by atoms with E-state index in [-0.39, 0.29) is 29.5 Å². The largest absolute Gasteiger partial charge is 0.351 e. The topological polar surface area (TPSA) is 87.3 Å². The molecule has 0 unspecified atom stereocenters. The van der Waals surface area contributed by atoms with E-state index < -0.39 is 17.1 Å². The zero-order valence-corrected chi connectivity index (χ0v) is 16.4.